The fourth-order valence-electron chi connectivity index (χ4n) is 4.38. The van der Waals surface area contributed by atoms with Crippen molar-refractivity contribution in [2.24, 2.45) is 0 Å². The van der Waals surface area contributed by atoms with E-state index in [0.29, 0.717) is 0 Å². The van der Waals surface area contributed by atoms with Crippen LogP contribution < -0.4 is 5.32 Å². The van der Waals surface area contributed by atoms with E-state index in [1.165, 1.54) is 23.5 Å². The van der Waals surface area contributed by atoms with Crippen LogP contribution in [0, 0.1) is 0 Å². The topological polar surface area (TPSA) is 86.7 Å². The van der Waals surface area contributed by atoms with Crippen LogP contribution in [0.15, 0.2) is 89.8 Å². The number of hydrogen-bond donors (Lipinski definition) is 2. The zero-order valence-corrected chi connectivity index (χ0v) is 22.3. The van der Waals surface area contributed by atoms with Crippen LogP contribution in [-0.4, -0.2) is 54.7 Å². The molecule has 2 fully saturated rings. The SMILES string of the molecule is O=C(Cc1ccccc1)N[C@@H]1C(=O)N2CC(Sc3ccc(-c4ccccc4)cc3)(C(=O)O)C(Br)S[C@H]12. The number of thioether (sulfide) groups is 2. The first kappa shape index (κ1) is 24.9. The molecule has 2 unspecified atom stereocenters. The fraction of sp³-hybridized carbons (Fsp3) is 0.222. The number of carboxylic acids is 1. The summed E-state index contributed by atoms with van der Waals surface area (Å²) in [6.45, 7) is 0.0465. The zero-order chi connectivity index (χ0) is 25.3. The maximum absolute atomic E-state index is 12.9. The minimum atomic E-state index is -1.27. The summed E-state index contributed by atoms with van der Waals surface area (Å²) in [4.78, 5) is 40.4. The van der Waals surface area contributed by atoms with Gasteiger partial charge in [0.15, 0.2) is 4.75 Å². The van der Waals surface area contributed by atoms with E-state index in [9.17, 15) is 19.5 Å². The normalized spacial score (nSPS) is 25.0. The highest BCUT2D eigenvalue weighted by Gasteiger charge is 2.61. The van der Waals surface area contributed by atoms with Crippen LogP contribution in [-0.2, 0) is 20.8 Å². The summed E-state index contributed by atoms with van der Waals surface area (Å²) in [7, 11) is 0. The maximum atomic E-state index is 12.9. The van der Waals surface area contributed by atoms with Crippen molar-refractivity contribution in [3.63, 3.8) is 0 Å². The molecule has 2 heterocycles. The van der Waals surface area contributed by atoms with Crippen molar-refractivity contribution < 1.29 is 19.5 Å². The van der Waals surface area contributed by atoms with Gasteiger partial charge in [-0.05, 0) is 28.8 Å². The van der Waals surface area contributed by atoms with Gasteiger partial charge < -0.3 is 15.3 Å². The van der Waals surface area contributed by atoms with Crippen LogP contribution in [0.4, 0.5) is 0 Å². The van der Waals surface area contributed by atoms with Gasteiger partial charge in [0.2, 0.25) is 11.8 Å². The van der Waals surface area contributed by atoms with Gasteiger partial charge in [-0.25, -0.2) is 0 Å². The number of nitrogens with zero attached hydrogens (tertiary/aromatic N) is 1. The highest BCUT2D eigenvalue weighted by molar-refractivity contribution is 9.11. The smallest absolute Gasteiger partial charge is 0.324 e. The third-order valence-electron chi connectivity index (χ3n) is 6.32. The average Bonchev–Trinajstić information content (AvgIpc) is 2.90. The van der Waals surface area contributed by atoms with Gasteiger partial charge in [0, 0.05) is 11.4 Å². The van der Waals surface area contributed by atoms with Crippen LogP contribution >= 0.6 is 39.5 Å². The predicted molar refractivity (Wildman–Crippen MR) is 146 cm³/mol. The minimum Gasteiger partial charge on any atom is -0.480 e. The second kappa shape index (κ2) is 10.3. The molecule has 5 rings (SSSR count). The van der Waals surface area contributed by atoms with Gasteiger partial charge >= 0.3 is 5.97 Å². The number of β-lactam (4-membered cyclic amide) rings is 1. The van der Waals surface area contributed by atoms with E-state index in [4.69, 9.17) is 0 Å². The van der Waals surface area contributed by atoms with Gasteiger partial charge in [-0.2, -0.15) is 0 Å². The number of fused-ring (bicyclic) bond motifs is 1. The Bertz CT molecular complexity index is 1280. The maximum Gasteiger partial charge on any atom is 0.324 e. The summed E-state index contributed by atoms with van der Waals surface area (Å²) in [6, 6.07) is 26.4. The number of benzene rings is 3. The fourth-order valence-corrected chi connectivity index (χ4v) is 8.36. The highest BCUT2D eigenvalue weighted by Crippen LogP contribution is 2.52. The van der Waals surface area contributed by atoms with Gasteiger partial charge in [-0.15, -0.1) is 23.5 Å². The van der Waals surface area contributed by atoms with Gasteiger partial charge in [0.1, 0.15) is 11.4 Å². The standard InChI is InChI=1S/C27H23BrN2O4S2/c28-25-27(26(33)34,36-20-13-11-19(12-14-20)18-9-5-2-6-10-18)16-30-23(32)22(24(30)35-25)29-21(31)15-17-7-3-1-4-8-17/h1-14,22,24-25H,15-16H2,(H,29,31)(H,33,34)/t22-,24-,25?,27?/m1/s1. The molecule has 0 aromatic heterocycles. The predicted octanol–water partition coefficient (Wildman–Crippen LogP) is 4.63. The molecule has 0 radical (unpaired) electrons. The Labute approximate surface area is 226 Å². The molecule has 2 aliphatic heterocycles. The van der Waals surface area contributed by atoms with E-state index in [2.05, 4.69) is 21.2 Å². The number of hydrogen-bond acceptors (Lipinski definition) is 5. The lowest BCUT2D eigenvalue weighted by Crippen LogP contribution is -2.75. The summed E-state index contributed by atoms with van der Waals surface area (Å²) in [5.41, 5.74) is 3.00. The van der Waals surface area contributed by atoms with Gasteiger partial charge in [-0.3, -0.25) is 14.4 Å². The number of alkyl halides is 1. The molecule has 0 spiro atoms. The summed E-state index contributed by atoms with van der Waals surface area (Å²) in [5.74, 6) is -1.47. The van der Waals surface area contributed by atoms with Crippen molar-refractivity contribution in [3.05, 3.63) is 90.5 Å². The molecule has 4 atom stereocenters. The van der Waals surface area contributed by atoms with E-state index in [1.54, 1.807) is 4.90 Å². The van der Waals surface area contributed by atoms with Gasteiger partial charge in [-0.1, -0.05) is 88.7 Å². The average molecular weight is 584 g/mol. The first-order valence-corrected chi connectivity index (χ1v) is 14.1. The minimum absolute atomic E-state index is 0.0465. The molecule has 0 aliphatic carbocycles. The Morgan fingerprint density at radius 3 is 2.25 bits per heavy atom. The summed E-state index contributed by atoms with van der Waals surface area (Å²) in [6.07, 6.45) is 0.188. The molecule has 0 bridgehead atoms. The van der Waals surface area contributed by atoms with Crippen molar-refractivity contribution in [3.8, 4) is 11.1 Å². The molecule has 184 valence electrons. The largest absolute Gasteiger partial charge is 0.480 e. The number of halogens is 1. The lowest BCUT2D eigenvalue weighted by Gasteiger charge is -2.55. The molecule has 3 aromatic rings. The van der Waals surface area contributed by atoms with Crippen LogP contribution in [0.5, 0.6) is 0 Å². The zero-order valence-electron chi connectivity index (χ0n) is 19.0. The number of amides is 2. The third-order valence-corrected chi connectivity index (χ3v) is 11.1. The molecular formula is C27H23BrN2O4S2. The van der Waals surface area contributed by atoms with E-state index < -0.39 is 20.9 Å². The van der Waals surface area contributed by atoms with E-state index in [0.717, 1.165) is 21.6 Å². The van der Waals surface area contributed by atoms with Crippen molar-refractivity contribution in [1.29, 1.82) is 0 Å². The quantitative estimate of drug-likeness (QED) is 0.312. The van der Waals surface area contributed by atoms with E-state index in [-0.39, 0.29) is 30.2 Å². The van der Waals surface area contributed by atoms with Gasteiger partial charge in [0.05, 0.1) is 10.6 Å². The lowest BCUT2D eigenvalue weighted by molar-refractivity contribution is -0.152. The second-order valence-corrected chi connectivity index (χ2v) is 12.9. The lowest BCUT2D eigenvalue weighted by atomic mass is 10.0. The van der Waals surface area contributed by atoms with Crippen molar-refractivity contribution >= 4 is 57.2 Å². The van der Waals surface area contributed by atoms with Crippen LogP contribution in [0.25, 0.3) is 11.1 Å². The van der Waals surface area contributed by atoms with Crippen LogP contribution in [0.2, 0.25) is 0 Å². The summed E-state index contributed by atoms with van der Waals surface area (Å²) >= 11 is 6.20. The van der Waals surface area contributed by atoms with Crippen molar-refractivity contribution in [2.45, 2.75) is 31.6 Å². The number of aliphatic carboxylic acids is 1. The van der Waals surface area contributed by atoms with Crippen molar-refractivity contribution in [1.82, 2.24) is 10.2 Å². The Kier molecular flexibility index (Phi) is 7.14. The van der Waals surface area contributed by atoms with Crippen molar-refractivity contribution in [2.75, 3.05) is 6.54 Å². The number of carbonyl (C=O) groups excluding carboxylic acids is 2. The Balaban J connectivity index is 1.28. The number of carboxylic acid groups (broad SMARTS) is 1. The second-order valence-electron chi connectivity index (χ2n) is 8.70. The molecule has 9 heteroatoms. The molecule has 0 saturated carbocycles. The number of rotatable bonds is 7. The summed E-state index contributed by atoms with van der Waals surface area (Å²) < 4.78 is -1.74. The monoisotopic (exact) mass is 582 g/mol. The highest BCUT2D eigenvalue weighted by atomic mass is 79.9. The first-order valence-electron chi connectivity index (χ1n) is 11.4. The van der Waals surface area contributed by atoms with Gasteiger partial charge in [0.25, 0.3) is 0 Å². The molecule has 2 aliphatic rings. The Morgan fingerprint density at radius 1 is 1.00 bits per heavy atom. The van der Waals surface area contributed by atoms with Crippen LogP contribution in [0.1, 0.15) is 5.56 Å². The molecule has 2 saturated heterocycles. The molecule has 3 aromatic carbocycles. The number of nitrogens with one attached hydrogen (secondary N) is 1. The third kappa shape index (κ3) is 4.79. The molecule has 2 N–H and O–H groups in total. The molecular weight excluding hydrogens is 560 g/mol. The Hall–Kier alpha value is -2.75. The van der Waals surface area contributed by atoms with E-state index >= 15 is 0 Å². The summed E-state index contributed by atoms with van der Waals surface area (Å²) in [5, 5.41) is 12.8. The van der Waals surface area contributed by atoms with E-state index in [1.807, 2.05) is 84.9 Å². The molecule has 2 amide bonds. The Morgan fingerprint density at radius 2 is 1.61 bits per heavy atom. The number of carbonyl (C=O) groups is 3. The molecule has 36 heavy (non-hydrogen) atoms. The molecule has 6 nitrogen and oxygen atoms in total. The first-order chi connectivity index (χ1) is 17.4. The van der Waals surface area contributed by atoms with Crippen LogP contribution in [0.3, 0.4) is 0 Å².